The molecule has 0 bridgehead atoms. The van der Waals surface area contributed by atoms with Crippen molar-refractivity contribution in [1.82, 2.24) is 5.32 Å². The predicted molar refractivity (Wildman–Crippen MR) is 67.9 cm³/mol. The van der Waals surface area contributed by atoms with E-state index in [0.29, 0.717) is 10.6 Å². The molecule has 2 nitrogen and oxygen atoms in total. The monoisotopic (exact) mass is 257 g/mol. The first-order valence-corrected chi connectivity index (χ1v) is 5.97. The molecule has 0 unspecified atom stereocenters. The minimum absolute atomic E-state index is 0.0351. The summed E-state index contributed by atoms with van der Waals surface area (Å²) in [4.78, 5) is 12.0. The topological polar surface area (TPSA) is 29.1 Å². The first-order chi connectivity index (χ1) is 7.86. The summed E-state index contributed by atoms with van der Waals surface area (Å²) in [6.45, 7) is 6.32. The van der Waals surface area contributed by atoms with E-state index in [4.69, 9.17) is 11.6 Å². The van der Waals surface area contributed by atoms with E-state index in [0.717, 1.165) is 6.54 Å². The number of nitrogens with one attached hydrogen (secondary N) is 1. The summed E-state index contributed by atoms with van der Waals surface area (Å²) in [6, 6.07) is 4.09. The molecule has 1 rings (SSSR count). The van der Waals surface area contributed by atoms with E-state index in [9.17, 15) is 9.18 Å². The third-order valence-electron chi connectivity index (χ3n) is 2.68. The molecule has 17 heavy (non-hydrogen) atoms. The van der Waals surface area contributed by atoms with Gasteiger partial charge in [0.15, 0.2) is 5.78 Å². The number of benzene rings is 1. The lowest BCUT2D eigenvalue weighted by Gasteiger charge is -2.24. The number of hydrogen-bond donors (Lipinski definition) is 1. The Morgan fingerprint density at radius 3 is 2.65 bits per heavy atom. The molecule has 1 aromatic carbocycles. The largest absolute Gasteiger partial charge is 0.306 e. The van der Waals surface area contributed by atoms with Crippen molar-refractivity contribution in [1.29, 1.82) is 0 Å². The molecule has 1 aromatic rings. The Morgan fingerprint density at radius 1 is 1.47 bits per heavy atom. The molecule has 0 atom stereocenters. The second kappa shape index (κ2) is 5.61. The lowest BCUT2D eigenvalue weighted by Crippen LogP contribution is -2.47. The lowest BCUT2D eigenvalue weighted by atomic mass is 9.93. The van der Waals surface area contributed by atoms with Gasteiger partial charge in [0, 0.05) is 11.4 Å². The SMILES string of the molecule is CCNC(C)(C)C(=O)Cc1ccc(F)cc1Cl. The quantitative estimate of drug-likeness (QED) is 0.879. The highest BCUT2D eigenvalue weighted by Gasteiger charge is 2.26. The van der Waals surface area contributed by atoms with E-state index in [1.165, 1.54) is 12.1 Å². The van der Waals surface area contributed by atoms with Gasteiger partial charge in [-0.1, -0.05) is 24.6 Å². The van der Waals surface area contributed by atoms with Crippen LogP contribution in [0.25, 0.3) is 0 Å². The van der Waals surface area contributed by atoms with Crippen LogP contribution in [0.4, 0.5) is 4.39 Å². The van der Waals surface area contributed by atoms with Gasteiger partial charge >= 0.3 is 0 Å². The van der Waals surface area contributed by atoms with E-state index in [1.807, 2.05) is 20.8 Å². The fourth-order valence-corrected chi connectivity index (χ4v) is 1.83. The number of Topliss-reactive ketones (excluding diaryl/α,β-unsaturated/α-hetero) is 1. The second-order valence-electron chi connectivity index (χ2n) is 4.49. The van der Waals surface area contributed by atoms with Crippen molar-refractivity contribution in [3.63, 3.8) is 0 Å². The van der Waals surface area contributed by atoms with E-state index in [2.05, 4.69) is 5.32 Å². The highest BCUT2D eigenvalue weighted by atomic mass is 35.5. The average Bonchev–Trinajstić information content (AvgIpc) is 2.22. The molecule has 0 saturated heterocycles. The van der Waals surface area contributed by atoms with Crippen LogP contribution in [-0.2, 0) is 11.2 Å². The molecule has 0 aromatic heterocycles. The van der Waals surface area contributed by atoms with Crippen molar-refractivity contribution < 1.29 is 9.18 Å². The van der Waals surface area contributed by atoms with Crippen LogP contribution in [0.2, 0.25) is 5.02 Å². The number of ketones is 1. The third-order valence-corrected chi connectivity index (χ3v) is 3.03. The van der Waals surface area contributed by atoms with Crippen LogP contribution in [0.15, 0.2) is 18.2 Å². The first-order valence-electron chi connectivity index (χ1n) is 5.59. The molecule has 0 saturated carbocycles. The molecular formula is C13H17ClFNO. The van der Waals surface area contributed by atoms with Crippen LogP contribution in [0.1, 0.15) is 26.3 Å². The molecule has 0 amide bonds. The molecule has 0 aliphatic carbocycles. The molecule has 4 heteroatoms. The predicted octanol–water partition coefficient (Wildman–Crippen LogP) is 2.98. The minimum Gasteiger partial charge on any atom is -0.306 e. The Bertz CT molecular complexity index is 418. The van der Waals surface area contributed by atoms with E-state index in [1.54, 1.807) is 6.07 Å². The maximum atomic E-state index is 12.9. The van der Waals surface area contributed by atoms with E-state index < -0.39 is 11.4 Å². The van der Waals surface area contributed by atoms with Crippen LogP contribution in [0, 0.1) is 5.82 Å². The smallest absolute Gasteiger partial charge is 0.156 e. The summed E-state index contributed by atoms with van der Waals surface area (Å²) >= 11 is 5.89. The number of carbonyl (C=O) groups is 1. The molecule has 94 valence electrons. The van der Waals surface area contributed by atoms with Gasteiger partial charge in [0.05, 0.1) is 5.54 Å². The summed E-state index contributed by atoms with van der Waals surface area (Å²) in [5, 5.41) is 3.40. The number of likely N-dealkylation sites (N-methyl/N-ethyl adjacent to an activating group) is 1. The number of halogens is 2. The zero-order chi connectivity index (χ0) is 13.1. The van der Waals surface area contributed by atoms with Gasteiger partial charge < -0.3 is 5.32 Å². The average molecular weight is 258 g/mol. The Morgan fingerprint density at radius 2 is 2.12 bits per heavy atom. The number of rotatable bonds is 5. The molecule has 1 N–H and O–H groups in total. The van der Waals surface area contributed by atoms with Crippen molar-refractivity contribution in [2.24, 2.45) is 0 Å². The maximum absolute atomic E-state index is 12.9. The summed E-state index contributed by atoms with van der Waals surface area (Å²) < 4.78 is 12.9. The number of hydrogen-bond acceptors (Lipinski definition) is 2. The van der Waals surface area contributed by atoms with Crippen LogP contribution >= 0.6 is 11.6 Å². The zero-order valence-corrected chi connectivity index (χ0v) is 11.1. The van der Waals surface area contributed by atoms with Crippen LogP contribution < -0.4 is 5.32 Å². The van der Waals surface area contributed by atoms with Gasteiger partial charge in [0.2, 0.25) is 0 Å². The number of carbonyl (C=O) groups excluding carboxylic acids is 1. The zero-order valence-electron chi connectivity index (χ0n) is 10.3. The molecule has 0 fully saturated rings. The lowest BCUT2D eigenvalue weighted by molar-refractivity contribution is -0.123. The summed E-state index contributed by atoms with van der Waals surface area (Å²) in [7, 11) is 0. The minimum atomic E-state index is -0.591. The van der Waals surface area contributed by atoms with Gasteiger partial charge in [0.25, 0.3) is 0 Å². The Labute approximate surface area is 106 Å². The highest BCUT2D eigenvalue weighted by molar-refractivity contribution is 6.31. The summed E-state index contributed by atoms with van der Waals surface area (Å²) in [5.74, 6) is -0.356. The van der Waals surface area contributed by atoms with Crippen molar-refractivity contribution in [3.8, 4) is 0 Å². The van der Waals surface area contributed by atoms with Crippen molar-refractivity contribution in [2.45, 2.75) is 32.7 Å². The Balaban J connectivity index is 2.81. The van der Waals surface area contributed by atoms with Crippen LogP contribution in [0.5, 0.6) is 0 Å². The molecule has 0 aliphatic rings. The standard InChI is InChI=1S/C13H17ClFNO/c1-4-16-13(2,3)12(17)7-9-5-6-10(15)8-11(9)14/h5-6,8,16H,4,7H2,1-3H3. The Hall–Kier alpha value is -0.930. The van der Waals surface area contributed by atoms with E-state index >= 15 is 0 Å². The van der Waals surface area contributed by atoms with Crippen molar-refractivity contribution in [2.75, 3.05) is 6.54 Å². The fraction of sp³-hybridized carbons (Fsp3) is 0.462. The summed E-state index contributed by atoms with van der Waals surface area (Å²) in [6.07, 6.45) is 0.207. The van der Waals surface area contributed by atoms with Crippen molar-refractivity contribution in [3.05, 3.63) is 34.6 Å². The van der Waals surface area contributed by atoms with E-state index in [-0.39, 0.29) is 12.2 Å². The maximum Gasteiger partial charge on any atom is 0.156 e. The second-order valence-corrected chi connectivity index (χ2v) is 4.90. The molecule has 0 aliphatic heterocycles. The normalized spacial score (nSPS) is 11.6. The van der Waals surface area contributed by atoms with Gasteiger partial charge in [-0.05, 0) is 38.1 Å². The summed E-state index contributed by atoms with van der Waals surface area (Å²) in [5.41, 5.74) is 0.0657. The molecule has 0 spiro atoms. The van der Waals surface area contributed by atoms with Gasteiger partial charge in [-0.2, -0.15) is 0 Å². The van der Waals surface area contributed by atoms with Gasteiger partial charge in [-0.15, -0.1) is 0 Å². The van der Waals surface area contributed by atoms with Crippen LogP contribution in [-0.4, -0.2) is 17.9 Å². The fourth-order valence-electron chi connectivity index (χ4n) is 1.60. The van der Waals surface area contributed by atoms with Gasteiger partial charge in [-0.25, -0.2) is 4.39 Å². The first kappa shape index (κ1) is 14.1. The molecule has 0 heterocycles. The van der Waals surface area contributed by atoms with Crippen LogP contribution in [0.3, 0.4) is 0 Å². The molecular weight excluding hydrogens is 241 g/mol. The Kier molecular flexibility index (Phi) is 4.66. The highest BCUT2D eigenvalue weighted by Crippen LogP contribution is 2.20. The molecule has 0 radical (unpaired) electrons. The van der Waals surface area contributed by atoms with Gasteiger partial charge in [-0.3, -0.25) is 4.79 Å². The van der Waals surface area contributed by atoms with Crippen molar-refractivity contribution >= 4 is 17.4 Å². The van der Waals surface area contributed by atoms with Gasteiger partial charge in [0.1, 0.15) is 5.82 Å². The third kappa shape index (κ3) is 3.79.